The van der Waals surface area contributed by atoms with Crippen molar-refractivity contribution < 1.29 is 4.79 Å². The summed E-state index contributed by atoms with van der Waals surface area (Å²) in [5, 5.41) is 3.08. The fourth-order valence-corrected chi connectivity index (χ4v) is 5.45. The van der Waals surface area contributed by atoms with Crippen LogP contribution >= 0.6 is 0 Å². The third-order valence-electron chi connectivity index (χ3n) is 7.26. The van der Waals surface area contributed by atoms with E-state index in [0.29, 0.717) is 6.04 Å². The third kappa shape index (κ3) is 5.96. The lowest BCUT2D eigenvalue weighted by Crippen LogP contribution is -2.38. The monoisotopic (exact) mass is 381 g/mol. The number of aryl methyl sites for hydroxylation is 1. The summed E-state index contributed by atoms with van der Waals surface area (Å²) in [6.07, 6.45) is 16.9. The van der Waals surface area contributed by atoms with Gasteiger partial charge in [-0.15, -0.1) is 0 Å². The van der Waals surface area contributed by atoms with Gasteiger partial charge in [0, 0.05) is 6.04 Å². The molecule has 1 amide bonds. The first-order valence-corrected chi connectivity index (χ1v) is 11.7. The van der Waals surface area contributed by atoms with E-state index in [1.54, 1.807) is 5.56 Å². The minimum absolute atomic E-state index is 0.0136. The maximum atomic E-state index is 11.5. The van der Waals surface area contributed by atoms with Crippen LogP contribution in [0.2, 0.25) is 0 Å². The molecule has 2 fully saturated rings. The van der Waals surface area contributed by atoms with Gasteiger partial charge in [-0.2, -0.15) is 0 Å². The van der Waals surface area contributed by atoms with Crippen LogP contribution in [0.4, 0.5) is 0 Å². The van der Waals surface area contributed by atoms with Crippen molar-refractivity contribution in [3.8, 4) is 0 Å². The van der Waals surface area contributed by atoms with E-state index in [9.17, 15) is 4.79 Å². The number of nitrogens with one attached hydrogen (secondary N) is 1. The van der Waals surface area contributed by atoms with Crippen molar-refractivity contribution in [3.63, 3.8) is 0 Å². The van der Waals surface area contributed by atoms with E-state index in [-0.39, 0.29) is 5.91 Å². The van der Waals surface area contributed by atoms with Crippen LogP contribution in [-0.4, -0.2) is 11.9 Å². The highest BCUT2D eigenvalue weighted by molar-refractivity contribution is 5.87. The summed E-state index contributed by atoms with van der Waals surface area (Å²) in [5.41, 5.74) is 3.07. The first-order chi connectivity index (χ1) is 13.7. The van der Waals surface area contributed by atoms with Crippen molar-refractivity contribution >= 4 is 5.91 Å². The quantitative estimate of drug-likeness (QED) is 0.401. The Kier molecular flexibility index (Phi) is 8.18. The summed E-state index contributed by atoms with van der Waals surface area (Å²) < 4.78 is 0. The molecule has 0 unspecified atom stereocenters. The Balaban J connectivity index is 1.41. The molecule has 28 heavy (non-hydrogen) atoms. The Morgan fingerprint density at radius 1 is 0.964 bits per heavy atom. The number of carbonyl (C=O) groups excluding carboxylic acids is 1. The van der Waals surface area contributed by atoms with Gasteiger partial charge >= 0.3 is 0 Å². The second-order valence-electron chi connectivity index (χ2n) is 9.13. The predicted octanol–water partition coefficient (Wildman–Crippen LogP) is 6.55. The molecule has 2 nitrogen and oxygen atoms in total. The molecule has 2 heteroatoms. The van der Waals surface area contributed by atoms with Crippen LogP contribution in [-0.2, 0) is 11.2 Å². The standard InChI is InChI=1S/C26H39NO/c1-3-5-6-7-20-8-10-21(11-9-20)22-12-14-23(15-13-22)24-16-18-25(19-17-24)27-26(28)4-2/h4,8-11,22-25H,2-3,5-7,12-19H2,1H3,(H,27,28). The summed E-state index contributed by atoms with van der Waals surface area (Å²) in [6, 6.07) is 9.92. The van der Waals surface area contributed by atoms with Gasteiger partial charge in [0.2, 0.25) is 5.91 Å². The van der Waals surface area contributed by atoms with Crippen LogP contribution < -0.4 is 5.32 Å². The number of rotatable bonds is 8. The van der Waals surface area contributed by atoms with Crippen molar-refractivity contribution in [1.29, 1.82) is 0 Å². The van der Waals surface area contributed by atoms with Crippen molar-refractivity contribution in [2.24, 2.45) is 11.8 Å². The molecule has 0 aliphatic heterocycles. The Labute approximate surface area is 172 Å². The second-order valence-corrected chi connectivity index (χ2v) is 9.13. The fourth-order valence-electron chi connectivity index (χ4n) is 5.45. The molecule has 1 aromatic rings. The zero-order chi connectivity index (χ0) is 19.8. The van der Waals surface area contributed by atoms with Crippen LogP contribution in [0.15, 0.2) is 36.9 Å². The molecule has 0 spiro atoms. The number of hydrogen-bond donors (Lipinski definition) is 1. The number of hydrogen-bond acceptors (Lipinski definition) is 1. The minimum Gasteiger partial charge on any atom is -0.350 e. The molecule has 2 aliphatic rings. The van der Waals surface area contributed by atoms with Gasteiger partial charge in [-0.3, -0.25) is 4.79 Å². The Hall–Kier alpha value is -1.57. The lowest BCUT2D eigenvalue weighted by molar-refractivity contribution is -0.117. The molecule has 0 radical (unpaired) electrons. The molecule has 0 bridgehead atoms. The summed E-state index contributed by atoms with van der Waals surface area (Å²) in [4.78, 5) is 11.5. The van der Waals surface area contributed by atoms with Gasteiger partial charge in [0.05, 0.1) is 0 Å². The van der Waals surface area contributed by atoms with E-state index >= 15 is 0 Å². The topological polar surface area (TPSA) is 29.1 Å². The Morgan fingerprint density at radius 2 is 1.57 bits per heavy atom. The van der Waals surface area contributed by atoms with Gasteiger partial charge in [0.15, 0.2) is 0 Å². The first kappa shape index (κ1) is 21.1. The average molecular weight is 382 g/mol. The average Bonchev–Trinajstić information content (AvgIpc) is 2.75. The normalized spacial score (nSPS) is 27.9. The fraction of sp³-hybridized carbons (Fsp3) is 0.654. The van der Waals surface area contributed by atoms with Gasteiger partial charge in [-0.1, -0.05) is 50.6 Å². The summed E-state index contributed by atoms with van der Waals surface area (Å²) in [5.74, 6) is 2.53. The third-order valence-corrected chi connectivity index (χ3v) is 7.26. The van der Waals surface area contributed by atoms with Crippen LogP contribution in [0.5, 0.6) is 0 Å². The summed E-state index contributed by atoms with van der Waals surface area (Å²) in [7, 11) is 0. The van der Waals surface area contributed by atoms with E-state index in [2.05, 4.69) is 43.1 Å². The van der Waals surface area contributed by atoms with Gasteiger partial charge in [-0.05, 0) is 99.2 Å². The van der Waals surface area contributed by atoms with Crippen molar-refractivity contribution in [2.45, 2.75) is 95.9 Å². The van der Waals surface area contributed by atoms with Gasteiger partial charge < -0.3 is 5.32 Å². The van der Waals surface area contributed by atoms with E-state index < -0.39 is 0 Å². The number of carbonyl (C=O) groups is 1. The molecule has 2 aliphatic carbocycles. The van der Waals surface area contributed by atoms with Crippen LogP contribution in [0, 0.1) is 11.8 Å². The van der Waals surface area contributed by atoms with E-state index in [1.165, 1.54) is 75.8 Å². The van der Waals surface area contributed by atoms with Crippen molar-refractivity contribution in [2.75, 3.05) is 0 Å². The summed E-state index contributed by atoms with van der Waals surface area (Å²) in [6.45, 7) is 5.83. The predicted molar refractivity (Wildman–Crippen MR) is 118 cm³/mol. The molecular formula is C26H39NO. The number of benzene rings is 1. The highest BCUT2D eigenvalue weighted by Gasteiger charge is 2.31. The van der Waals surface area contributed by atoms with Gasteiger partial charge in [-0.25, -0.2) is 0 Å². The minimum atomic E-state index is -0.0136. The van der Waals surface area contributed by atoms with Crippen molar-refractivity contribution in [3.05, 3.63) is 48.0 Å². The molecule has 154 valence electrons. The first-order valence-electron chi connectivity index (χ1n) is 11.7. The summed E-state index contributed by atoms with van der Waals surface area (Å²) >= 11 is 0. The molecule has 2 saturated carbocycles. The largest absolute Gasteiger partial charge is 0.350 e. The highest BCUT2D eigenvalue weighted by Crippen LogP contribution is 2.43. The molecule has 0 aromatic heterocycles. The van der Waals surface area contributed by atoms with Gasteiger partial charge in [0.25, 0.3) is 0 Å². The zero-order valence-corrected chi connectivity index (χ0v) is 17.8. The highest BCUT2D eigenvalue weighted by atomic mass is 16.1. The molecular weight excluding hydrogens is 342 g/mol. The van der Waals surface area contributed by atoms with Crippen LogP contribution in [0.1, 0.15) is 94.6 Å². The SMILES string of the molecule is C=CC(=O)NC1CCC(C2CCC(c3ccc(CCCCC)cc3)CC2)CC1. The smallest absolute Gasteiger partial charge is 0.243 e. The van der Waals surface area contributed by atoms with Crippen LogP contribution in [0.3, 0.4) is 0 Å². The second kappa shape index (κ2) is 10.8. The van der Waals surface area contributed by atoms with Gasteiger partial charge in [0.1, 0.15) is 0 Å². The van der Waals surface area contributed by atoms with Crippen LogP contribution in [0.25, 0.3) is 0 Å². The molecule has 1 aromatic carbocycles. The van der Waals surface area contributed by atoms with E-state index in [4.69, 9.17) is 0 Å². The van der Waals surface area contributed by atoms with Crippen molar-refractivity contribution in [1.82, 2.24) is 5.32 Å². The molecule has 3 rings (SSSR count). The number of unbranched alkanes of at least 4 members (excludes halogenated alkanes) is 2. The number of amides is 1. The Bertz CT molecular complexity index is 604. The lowest BCUT2D eigenvalue weighted by atomic mass is 9.69. The van der Waals surface area contributed by atoms with E-state index in [1.807, 2.05) is 0 Å². The maximum absolute atomic E-state index is 11.5. The Morgan fingerprint density at radius 3 is 2.14 bits per heavy atom. The maximum Gasteiger partial charge on any atom is 0.243 e. The molecule has 1 N–H and O–H groups in total. The zero-order valence-electron chi connectivity index (χ0n) is 17.8. The molecule has 0 saturated heterocycles. The van der Waals surface area contributed by atoms with E-state index in [0.717, 1.165) is 30.6 Å². The molecule has 0 heterocycles. The molecule has 0 atom stereocenters. The lowest BCUT2D eigenvalue weighted by Gasteiger charge is -2.38.